The third-order valence-corrected chi connectivity index (χ3v) is 9.08. The summed E-state index contributed by atoms with van der Waals surface area (Å²) < 4.78 is 35.0. The molecule has 0 spiro atoms. The molecule has 0 saturated heterocycles. The zero-order chi connectivity index (χ0) is 24.5. The first-order chi connectivity index (χ1) is 16.2. The van der Waals surface area contributed by atoms with E-state index in [1.807, 2.05) is 37.3 Å². The van der Waals surface area contributed by atoms with Crippen molar-refractivity contribution in [3.8, 4) is 16.9 Å². The summed E-state index contributed by atoms with van der Waals surface area (Å²) in [4.78, 5) is 14.6. The Kier molecular flexibility index (Phi) is 7.31. The molecule has 4 rings (SSSR count). The topological polar surface area (TPSA) is 87.2 Å². The average Bonchev–Trinajstić information content (AvgIpc) is 2.79. The Hall–Kier alpha value is -2.42. The highest BCUT2D eigenvalue weighted by Crippen LogP contribution is 2.37. The predicted molar refractivity (Wildman–Crippen MR) is 131 cm³/mol. The second-order valence-electron chi connectivity index (χ2n) is 9.61. The maximum Gasteiger partial charge on any atom is 0.247 e. The van der Waals surface area contributed by atoms with Crippen LogP contribution in [0.3, 0.4) is 0 Å². The van der Waals surface area contributed by atoms with Gasteiger partial charge in [0.1, 0.15) is 16.7 Å². The molecule has 0 aromatic heterocycles. The van der Waals surface area contributed by atoms with Gasteiger partial charge in [-0.25, -0.2) is 8.42 Å². The number of hydrogen-bond acceptors (Lipinski definition) is 5. The highest BCUT2D eigenvalue weighted by atomic mass is 32.2. The highest BCUT2D eigenvalue weighted by molar-refractivity contribution is 7.89. The number of benzene rings is 2. The van der Waals surface area contributed by atoms with Gasteiger partial charge < -0.3 is 14.7 Å². The van der Waals surface area contributed by atoms with Crippen LogP contribution >= 0.6 is 0 Å². The quantitative estimate of drug-likeness (QED) is 0.676. The van der Waals surface area contributed by atoms with E-state index in [-0.39, 0.29) is 41.5 Å². The van der Waals surface area contributed by atoms with Gasteiger partial charge in [0.05, 0.1) is 13.2 Å². The average molecular weight is 487 g/mol. The largest absolute Gasteiger partial charge is 0.487 e. The van der Waals surface area contributed by atoms with Crippen molar-refractivity contribution < 1.29 is 23.1 Å². The van der Waals surface area contributed by atoms with Crippen molar-refractivity contribution in [1.82, 2.24) is 9.21 Å². The van der Waals surface area contributed by atoms with E-state index >= 15 is 0 Å². The summed E-state index contributed by atoms with van der Waals surface area (Å²) in [5.74, 6) is 0.277. The van der Waals surface area contributed by atoms with E-state index in [0.29, 0.717) is 6.54 Å². The lowest BCUT2D eigenvalue weighted by atomic mass is 9.84. The minimum Gasteiger partial charge on any atom is -0.487 e. The van der Waals surface area contributed by atoms with Gasteiger partial charge in [-0.1, -0.05) is 49.7 Å². The second-order valence-corrected chi connectivity index (χ2v) is 11.5. The summed E-state index contributed by atoms with van der Waals surface area (Å²) >= 11 is 0. The maximum absolute atomic E-state index is 13.6. The number of carbonyl (C=O) groups is 1. The van der Waals surface area contributed by atoms with Crippen LogP contribution in [0.2, 0.25) is 0 Å². The zero-order valence-electron chi connectivity index (χ0n) is 20.1. The molecule has 1 amide bonds. The molecule has 1 fully saturated rings. The summed E-state index contributed by atoms with van der Waals surface area (Å²) in [7, 11) is -2.10. The Morgan fingerprint density at radius 2 is 1.88 bits per heavy atom. The standard InChI is InChI=1S/C26H34N2O5S/c1-18-15-28(19(2)17-29)34(31,32)25-13-12-22(20-8-5-4-6-9-20)14-23(25)33-24(18)16-27(3)26(30)21-10-7-11-21/h4-6,8-9,12-14,18-19,21,24,29H,7,10-11,15-17H2,1-3H3/t18-,19-,24-/m1/s1. The monoisotopic (exact) mass is 486 g/mol. The molecule has 0 bridgehead atoms. The molecule has 2 aliphatic rings. The third-order valence-electron chi connectivity index (χ3n) is 7.06. The van der Waals surface area contributed by atoms with Gasteiger partial charge in [0.15, 0.2) is 0 Å². The van der Waals surface area contributed by atoms with Crippen LogP contribution in [0.25, 0.3) is 11.1 Å². The van der Waals surface area contributed by atoms with Crippen molar-refractivity contribution in [2.75, 3.05) is 26.7 Å². The van der Waals surface area contributed by atoms with E-state index in [1.165, 1.54) is 4.31 Å². The molecule has 3 atom stereocenters. The molecule has 8 heteroatoms. The lowest BCUT2D eigenvalue weighted by molar-refractivity contribution is -0.138. The summed E-state index contributed by atoms with van der Waals surface area (Å²) in [6.07, 6.45) is 2.53. The first-order valence-corrected chi connectivity index (χ1v) is 13.4. The molecule has 34 heavy (non-hydrogen) atoms. The van der Waals surface area contributed by atoms with Crippen LogP contribution in [0.1, 0.15) is 33.1 Å². The Balaban J connectivity index is 1.74. The second kappa shape index (κ2) is 10.1. The van der Waals surface area contributed by atoms with Gasteiger partial charge in [0.2, 0.25) is 15.9 Å². The van der Waals surface area contributed by atoms with Crippen LogP contribution in [0.15, 0.2) is 53.4 Å². The Morgan fingerprint density at radius 1 is 1.18 bits per heavy atom. The number of amides is 1. The molecule has 1 saturated carbocycles. The maximum atomic E-state index is 13.6. The molecule has 1 aliphatic heterocycles. The van der Waals surface area contributed by atoms with Crippen LogP contribution in [0.5, 0.6) is 5.75 Å². The summed E-state index contributed by atoms with van der Waals surface area (Å²) in [6.45, 7) is 3.92. The van der Waals surface area contributed by atoms with E-state index < -0.39 is 22.2 Å². The van der Waals surface area contributed by atoms with Crippen molar-refractivity contribution >= 4 is 15.9 Å². The fourth-order valence-electron chi connectivity index (χ4n) is 4.58. The lowest BCUT2D eigenvalue weighted by Gasteiger charge is -2.38. The summed E-state index contributed by atoms with van der Waals surface area (Å²) in [5, 5.41) is 9.80. The minimum atomic E-state index is -3.89. The normalized spacial score (nSPS) is 23.5. The highest BCUT2D eigenvalue weighted by Gasteiger charge is 2.39. The molecule has 1 heterocycles. The van der Waals surface area contributed by atoms with Crippen molar-refractivity contribution in [3.05, 3.63) is 48.5 Å². The third kappa shape index (κ3) is 4.85. The number of sulfonamides is 1. The van der Waals surface area contributed by atoms with Gasteiger partial charge in [-0.2, -0.15) is 4.31 Å². The SMILES string of the molecule is C[C@@H]1CN([C@H](C)CO)S(=O)(=O)c2ccc(-c3ccccc3)cc2O[C@@H]1CN(C)C(=O)C1CCC1. The molecular formula is C26H34N2O5S. The molecule has 0 unspecified atom stereocenters. The van der Waals surface area contributed by atoms with Crippen LogP contribution in [-0.2, 0) is 14.8 Å². The molecule has 184 valence electrons. The van der Waals surface area contributed by atoms with E-state index in [1.54, 1.807) is 37.1 Å². The number of rotatable bonds is 6. The number of hydrogen-bond donors (Lipinski definition) is 1. The Morgan fingerprint density at radius 3 is 2.50 bits per heavy atom. The number of aliphatic hydroxyl groups is 1. The number of ether oxygens (including phenoxy) is 1. The smallest absolute Gasteiger partial charge is 0.247 e. The van der Waals surface area contributed by atoms with E-state index in [2.05, 4.69) is 0 Å². The predicted octanol–water partition coefficient (Wildman–Crippen LogP) is 3.38. The fraction of sp³-hybridized carbons (Fsp3) is 0.500. The minimum absolute atomic E-state index is 0.0807. The van der Waals surface area contributed by atoms with Gasteiger partial charge in [-0.05, 0) is 43.0 Å². The van der Waals surface area contributed by atoms with Crippen molar-refractivity contribution in [2.45, 2.75) is 50.2 Å². The molecule has 1 N–H and O–H groups in total. The fourth-order valence-corrected chi connectivity index (χ4v) is 6.41. The van der Waals surface area contributed by atoms with Gasteiger partial charge >= 0.3 is 0 Å². The number of nitrogens with zero attached hydrogens (tertiary/aromatic N) is 2. The lowest BCUT2D eigenvalue weighted by Crippen LogP contribution is -2.50. The van der Waals surface area contributed by atoms with Crippen molar-refractivity contribution in [2.24, 2.45) is 11.8 Å². The van der Waals surface area contributed by atoms with Crippen LogP contribution in [0.4, 0.5) is 0 Å². The van der Waals surface area contributed by atoms with Gasteiger partial charge in [0.25, 0.3) is 0 Å². The molecule has 0 radical (unpaired) electrons. The molecule has 2 aromatic rings. The molecule has 1 aliphatic carbocycles. The van der Waals surface area contributed by atoms with Crippen molar-refractivity contribution in [3.63, 3.8) is 0 Å². The number of likely N-dealkylation sites (N-methyl/N-ethyl adjacent to an activating group) is 1. The van der Waals surface area contributed by atoms with Gasteiger partial charge in [-0.3, -0.25) is 4.79 Å². The Labute approximate surface area is 202 Å². The molecule has 7 nitrogen and oxygen atoms in total. The summed E-state index contributed by atoms with van der Waals surface area (Å²) in [6, 6.07) is 14.3. The summed E-state index contributed by atoms with van der Waals surface area (Å²) in [5.41, 5.74) is 1.80. The first-order valence-electron chi connectivity index (χ1n) is 12.0. The first kappa shape index (κ1) is 24.7. The van der Waals surface area contributed by atoms with Crippen LogP contribution in [0, 0.1) is 11.8 Å². The number of fused-ring (bicyclic) bond motifs is 1. The van der Waals surface area contributed by atoms with Crippen LogP contribution in [-0.4, -0.2) is 67.5 Å². The zero-order valence-corrected chi connectivity index (χ0v) is 20.9. The molecule has 2 aromatic carbocycles. The van der Waals surface area contributed by atoms with Crippen molar-refractivity contribution in [1.29, 1.82) is 0 Å². The number of carbonyl (C=O) groups excluding carboxylic acids is 1. The van der Waals surface area contributed by atoms with E-state index in [9.17, 15) is 18.3 Å². The Bertz CT molecular complexity index is 1120. The number of aliphatic hydroxyl groups excluding tert-OH is 1. The van der Waals surface area contributed by atoms with E-state index in [4.69, 9.17) is 4.74 Å². The van der Waals surface area contributed by atoms with Gasteiger partial charge in [-0.15, -0.1) is 0 Å². The van der Waals surface area contributed by atoms with E-state index in [0.717, 1.165) is 30.4 Å². The molecular weight excluding hydrogens is 452 g/mol. The van der Waals surface area contributed by atoms with Gasteiger partial charge in [0, 0.05) is 31.5 Å². The van der Waals surface area contributed by atoms with Crippen LogP contribution < -0.4 is 4.74 Å².